The fourth-order valence-electron chi connectivity index (χ4n) is 2.07. The number of hydrogen-bond donors (Lipinski definition) is 1. The Morgan fingerprint density at radius 2 is 2.39 bits per heavy atom. The van der Waals surface area contributed by atoms with Gasteiger partial charge in [-0.2, -0.15) is 0 Å². The van der Waals surface area contributed by atoms with Crippen LogP contribution in [0.25, 0.3) is 0 Å². The molecule has 0 aromatic carbocycles. The number of carbonyl (C=O) groups is 1. The fourth-order valence-corrected chi connectivity index (χ4v) is 2.55. The first-order valence-electron chi connectivity index (χ1n) is 5.90. The van der Waals surface area contributed by atoms with Crippen molar-refractivity contribution in [1.82, 2.24) is 15.2 Å². The highest BCUT2D eigenvalue weighted by Gasteiger charge is 2.31. The first-order valence-corrected chi connectivity index (χ1v) is 6.69. The molecule has 0 radical (unpaired) electrons. The number of likely N-dealkylation sites (N-methyl/N-ethyl adjacent to an activating group) is 1. The topological polar surface area (TPSA) is 48.5 Å². The van der Waals surface area contributed by atoms with Gasteiger partial charge in [-0.3, -0.25) is 4.79 Å². The maximum absolute atomic E-state index is 12.2. The summed E-state index contributed by atoms with van der Waals surface area (Å²) in [5.74, 6) is 0.930. The van der Waals surface area contributed by atoms with E-state index in [-0.39, 0.29) is 11.9 Å². The van der Waals surface area contributed by atoms with Crippen LogP contribution in [0.4, 0.5) is 5.82 Å². The van der Waals surface area contributed by atoms with Crippen LogP contribution in [0.2, 0.25) is 0 Å². The number of amides is 1. The quantitative estimate of drug-likeness (QED) is 0.874. The van der Waals surface area contributed by atoms with E-state index in [4.69, 9.17) is 0 Å². The number of nitrogens with zero attached hydrogens (tertiary/aromatic N) is 3. The van der Waals surface area contributed by atoms with Gasteiger partial charge in [-0.1, -0.05) is 0 Å². The Labute approximate surface area is 115 Å². The number of pyridine rings is 1. The van der Waals surface area contributed by atoms with Gasteiger partial charge < -0.3 is 15.1 Å². The number of piperazine rings is 1. The van der Waals surface area contributed by atoms with Crippen LogP contribution in [0.15, 0.2) is 22.8 Å². The predicted molar refractivity (Wildman–Crippen MR) is 74.6 cm³/mol. The minimum absolute atomic E-state index is 0.0970. The van der Waals surface area contributed by atoms with Crippen LogP contribution >= 0.6 is 15.9 Å². The number of rotatable bonds is 2. The molecule has 0 spiro atoms. The van der Waals surface area contributed by atoms with E-state index in [2.05, 4.69) is 31.1 Å². The molecule has 18 heavy (non-hydrogen) atoms. The molecule has 0 saturated carbocycles. The van der Waals surface area contributed by atoms with Crippen molar-refractivity contribution >= 4 is 27.7 Å². The molecule has 98 valence electrons. The molecule has 1 atom stereocenters. The second kappa shape index (κ2) is 5.67. The van der Waals surface area contributed by atoms with Gasteiger partial charge in [0, 0.05) is 39.9 Å². The molecule has 5 nitrogen and oxygen atoms in total. The van der Waals surface area contributed by atoms with Gasteiger partial charge in [0.05, 0.1) is 4.47 Å². The number of nitrogens with one attached hydrogen (secondary N) is 1. The number of anilines is 1. The van der Waals surface area contributed by atoms with Crippen LogP contribution in [0.1, 0.15) is 0 Å². The molecule has 0 bridgehead atoms. The Bertz CT molecular complexity index is 438. The van der Waals surface area contributed by atoms with Crippen molar-refractivity contribution < 1.29 is 4.79 Å². The van der Waals surface area contributed by atoms with Crippen molar-refractivity contribution in [3.63, 3.8) is 0 Å². The lowest BCUT2D eigenvalue weighted by Gasteiger charge is -2.37. The highest BCUT2D eigenvalue weighted by molar-refractivity contribution is 9.10. The molecule has 1 aromatic heterocycles. The van der Waals surface area contributed by atoms with Gasteiger partial charge in [0.15, 0.2) is 0 Å². The van der Waals surface area contributed by atoms with Gasteiger partial charge in [-0.05, 0) is 28.1 Å². The molecule has 1 amide bonds. The molecule has 0 aliphatic carbocycles. The average Bonchev–Trinajstić information content (AvgIpc) is 2.38. The summed E-state index contributed by atoms with van der Waals surface area (Å²) < 4.78 is 0.920. The molecule has 6 heteroatoms. The highest BCUT2D eigenvalue weighted by atomic mass is 79.9. The van der Waals surface area contributed by atoms with E-state index in [1.54, 1.807) is 25.2 Å². The summed E-state index contributed by atoms with van der Waals surface area (Å²) in [4.78, 5) is 20.3. The van der Waals surface area contributed by atoms with Gasteiger partial charge in [0.2, 0.25) is 5.91 Å². The second-order valence-electron chi connectivity index (χ2n) is 4.45. The van der Waals surface area contributed by atoms with E-state index in [1.807, 2.05) is 12.1 Å². The number of halogens is 1. The molecule has 2 rings (SSSR count). The third-order valence-corrected chi connectivity index (χ3v) is 3.60. The van der Waals surface area contributed by atoms with Crippen molar-refractivity contribution in [3.05, 3.63) is 22.8 Å². The van der Waals surface area contributed by atoms with Crippen molar-refractivity contribution in [2.24, 2.45) is 0 Å². The monoisotopic (exact) mass is 312 g/mol. The van der Waals surface area contributed by atoms with E-state index in [0.29, 0.717) is 6.54 Å². The Balaban J connectivity index is 2.29. The Kier molecular flexibility index (Phi) is 4.19. The van der Waals surface area contributed by atoms with Crippen molar-refractivity contribution in [1.29, 1.82) is 0 Å². The molecule has 1 aliphatic rings. The molecular weight excluding hydrogens is 296 g/mol. The summed E-state index contributed by atoms with van der Waals surface area (Å²) in [7, 11) is 3.56. The molecule has 1 fully saturated rings. The van der Waals surface area contributed by atoms with Gasteiger partial charge in [-0.15, -0.1) is 0 Å². The first kappa shape index (κ1) is 13.3. The second-order valence-corrected chi connectivity index (χ2v) is 5.31. The van der Waals surface area contributed by atoms with E-state index >= 15 is 0 Å². The van der Waals surface area contributed by atoms with E-state index in [1.165, 1.54) is 0 Å². The lowest BCUT2D eigenvalue weighted by atomic mass is 10.1. The fraction of sp³-hybridized carbons (Fsp3) is 0.500. The van der Waals surface area contributed by atoms with Crippen LogP contribution in [-0.2, 0) is 4.79 Å². The lowest BCUT2D eigenvalue weighted by molar-refractivity contribution is -0.130. The first-order chi connectivity index (χ1) is 8.61. The largest absolute Gasteiger partial charge is 0.347 e. The predicted octanol–water partition coefficient (Wildman–Crippen LogP) is 0.711. The number of hydrogen-bond acceptors (Lipinski definition) is 4. The van der Waals surface area contributed by atoms with Crippen LogP contribution in [0, 0.1) is 0 Å². The average molecular weight is 313 g/mol. The van der Waals surface area contributed by atoms with E-state index in [0.717, 1.165) is 23.4 Å². The summed E-state index contributed by atoms with van der Waals surface area (Å²) >= 11 is 3.50. The summed E-state index contributed by atoms with van der Waals surface area (Å²) in [6.45, 7) is 2.29. The standard InChI is InChI=1S/C12H17BrN4O/c1-16(2)12(18)10-8-14-6-7-17(10)11-9(13)4-3-5-15-11/h3-5,10,14H,6-8H2,1-2H3. The van der Waals surface area contributed by atoms with Gasteiger partial charge in [0.25, 0.3) is 0 Å². The third kappa shape index (κ3) is 2.64. The van der Waals surface area contributed by atoms with Crippen LogP contribution in [0.3, 0.4) is 0 Å². The van der Waals surface area contributed by atoms with Crippen LogP contribution < -0.4 is 10.2 Å². The van der Waals surface area contributed by atoms with Crippen LogP contribution in [-0.4, -0.2) is 55.6 Å². The Morgan fingerprint density at radius 1 is 1.61 bits per heavy atom. The lowest BCUT2D eigenvalue weighted by Crippen LogP contribution is -2.58. The smallest absolute Gasteiger partial charge is 0.246 e. The van der Waals surface area contributed by atoms with E-state index < -0.39 is 0 Å². The minimum atomic E-state index is -0.194. The minimum Gasteiger partial charge on any atom is -0.347 e. The SMILES string of the molecule is CN(C)C(=O)C1CNCCN1c1ncccc1Br. The maximum atomic E-state index is 12.2. The van der Waals surface area contributed by atoms with Crippen molar-refractivity contribution in [2.45, 2.75) is 6.04 Å². The molecular formula is C12H17BrN4O. The molecule has 1 aliphatic heterocycles. The Hall–Kier alpha value is -1.14. The van der Waals surface area contributed by atoms with Crippen molar-refractivity contribution in [2.75, 3.05) is 38.6 Å². The van der Waals surface area contributed by atoms with Gasteiger partial charge in [0.1, 0.15) is 11.9 Å². The molecule has 1 unspecified atom stereocenters. The van der Waals surface area contributed by atoms with Crippen molar-refractivity contribution in [3.8, 4) is 0 Å². The van der Waals surface area contributed by atoms with E-state index in [9.17, 15) is 4.79 Å². The molecule has 1 saturated heterocycles. The zero-order valence-corrected chi connectivity index (χ0v) is 12.1. The molecule has 1 aromatic rings. The summed E-state index contributed by atoms with van der Waals surface area (Å²) in [6.07, 6.45) is 1.75. The van der Waals surface area contributed by atoms with Crippen LogP contribution in [0.5, 0.6) is 0 Å². The van der Waals surface area contributed by atoms with Gasteiger partial charge >= 0.3 is 0 Å². The maximum Gasteiger partial charge on any atom is 0.246 e. The molecule has 1 N–H and O–H groups in total. The summed E-state index contributed by atoms with van der Waals surface area (Å²) in [6, 6.07) is 3.63. The highest BCUT2D eigenvalue weighted by Crippen LogP contribution is 2.25. The molecule has 2 heterocycles. The van der Waals surface area contributed by atoms with Gasteiger partial charge in [-0.25, -0.2) is 4.98 Å². The summed E-state index contributed by atoms with van der Waals surface area (Å²) in [5.41, 5.74) is 0. The number of aromatic nitrogens is 1. The zero-order valence-electron chi connectivity index (χ0n) is 10.6. The number of carbonyl (C=O) groups excluding carboxylic acids is 1. The third-order valence-electron chi connectivity index (χ3n) is 2.98. The zero-order chi connectivity index (χ0) is 13.1. The summed E-state index contributed by atoms with van der Waals surface area (Å²) in [5, 5.41) is 3.26. The Morgan fingerprint density at radius 3 is 3.06 bits per heavy atom. The normalized spacial score (nSPS) is 19.7.